The largest absolute Gasteiger partial charge is 0.352 e. The third-order valence-electron chi connectivity index (χ3n) is 6.97. The fraction of sp³-hybridized carbons (Fsp3) is 0.323. The summed E-state index contributed by atoms with van der Waals surface area (Å²) in [6, 6.07) is 22.5. The Morgan fingerprint density at radius 2 is 1.57 bits per heavy atom. The third-order valence-corrected chi connectivity index (χ3v) is 8.81. The Morgan fingerprint density at radius 1 is 0.925 bits per heavy atom. The molecule has 0 aliphatic carbocycles. The number of sulfonamides is 1. The van der Waals surface area contributed by atoms with Gasteiger partial charge in [-0.2, -0.15) is 0 Å². The Bertz CT molecular complexity index is 1490. The van der Waals surface area contributed by atoms with E-state index in [2.05, 4.69) is 5.32 Å². The van der Waals surface area contributed by atoms with Gasteiger partial charge in [-0.25, -0.2) is 12.7 Å². The number of amides is 3. The first-order valence-corrected chi connectivity index (χ1v) is 14.9. The van der Waals surface area contributed by atoms with Gasteiger partial charge in [-0.3, -0.25) is 14.4 Å². The Labute approximate surface area is 236 Å². The molecule has 0 saturated heterocycles. The number of rotatable bonds is 11. The van der Waals surface area contributed by atoms with Crippen molar-refractivity contribution in [3.8, 4) is 0 Å². The van der Waals surface area contributed by atoms with Gasteiger partial charge in [-0.05, 0) is 56.0 Å². The predicted molar refractivity (Wildman–Crippen MR) is 153 cm³/mol. The number of nitrogens with one attached hydrogen (secondary N) is 1. The standard InChI is InChI=1S/C31H35N3O5S/c1-22(2)32-30(36)27(20-24-13-5-4-6-14-24)33(21-25-15-8-7-12-23(25)3)29(35)18-11-19-34-31(37)26-16-9-10-17-28(26)40(34,38)39/h4-10,12-17,22,27H,11,18-21H2,1-3H3,(H,32,36)/t27-/m1/s1. The van der Waals surface area contributed by atoms with Crippen molar-refractivity contribution in [3.63, 3.8) is 0 Å². The first-order chi connectivity index (χ1) is 19.1. The van der Waals surface area contributed by atoms with E-state index in [1.54, 1.807) is 17.0 Å². The molecule has 0 unspecified atom stereocenters. The van der Waals surface area contributed by atoms with Gasteiger partial charge in [0, 0.05) is 32.0 Å². The van der Waals surface area contributed by atoms with Crippen molar-refractivity contribution in [2.75, 3.05) is 6.54 Å². The van der Waals surface area contributed by atoms with Crippen molar-refractivity contribution in [3.05, 3.63) is 101 Å². The van der Waals surface area contributed by atoms with Gasteiger partial charge in [0.25, 0.3) is 15.9 Å². The Morgan fingerprint density at radius 3 is 2.25 bits per heavy atom. The molecule has 0 saturated carbocycles. The minimum atomic E-state index is -3.96. The zero-order valence-corrected chi connectivity index (χ0v) is 23.9. The van der Waals surface area contributed by atoms with Gasteiger partial charge in [0.15, 0.2) is 0 Å². The Hall–Kier alpha value is -3.98. The van der Waals surface area contributed by atoms with Crippen molar-refractivity contribution in [1.29, 1.82) is 0 Å². The second kappa shape index (κ2) is 12.5. The fourth-order valence-electron chi connectivity index (χ4n) is 4.88. The molecule has 3 aromatic carbocycles. The number of nitrogens with zero attached hydrogens (tertiary/aromatic N) is 2. The summed E-state index contributed by atoms with van der Waals surface area (Å²) in [4.78, 5) is 41.7. The van der Waals surface area contributed by atoms with Crippen molar-refractivity contribution in [2.24, 2.45) is 0 Å². The Balaban J connectivity index is 1.57. The molecule has 0 bridgehead atoms. The number of aryl methyl sites for hydroxylation is 1. The van der Waals surface area contributed by atoms with E-state index in [-0.39, 0.29) is 54.2 Å². The summed E-state index contributed by atoms with van der Waals surface area (Å²) in [5, 5.41) is 2.96. The predicted octanol–water partition coefficient (Wildman–Crippen LogP) is 4.08. The molecule has 8 nitrogen and oxygen atoms in total. The maximum absolute atomic E-state index is 13.8. The summed E-state index contributed by atoms with van der Waals surface area (Å²) in [5.74, 6) is -1.13. The van der Waals surface area contributed by atoms with Crippen LogP contribution in [-0.2, 0) is 32.6 Å². The van der Waals surface area contributed by atoms with E-state index in [1.165, 1.54) is 12.1 Å². The average Bonchev–Trinajstić information content (AvgIpc) is 3.12. The highest BCUT2D eigenvalue weighted by molar-refractivity contribution is 7.90. The van der Waals surface area contributed by atoms with Gasteiger partial charge >= 0.3 is 0 Å². The quantitative estimate of drug-likeness (QED) is 0.380. The molecule has 1 atom stereocenters. The molecule has 1 N–H and O–H groups in total. The minimum absolute atomic E-state index is 0.0132. The van der Waals surface area contributed by atoms with Gasteiger partial charge in [-0.1, -0.05) is 66.7 Å². The SMILES string of the molecule is Cc1ccccc1CN(C(=O)CCCN1C(=O)c2ccccc2S1(=O)=O)[C@H](Cc1ccccc1)C(=O)NC(C)C. The van der Waals surface area contributed by atoms with Crippen LogP contribution in [0.25, 0.3) is 0 Å². The van der Waals surface area contributed by atoms with Gasteiger partial charge in [-0.15, -0.1) is 0 Å². The highest BCUT2D eigenvalue weighted by Crippen LogP contribution is 2.30. The van der Waals surface area contributed by atoms with Gasteiger partial charge in [0.2, 0.25) is 11.8 Å². The molecule has 1 heterocycles. The average molecular weight is 562 g/mol. The van der Waals surface area contributed by atoms with Crippen LogP contribution < -0.4 is 5.32 Å². The van der Waals surface area contributed by atoms with Crippen LogP contribution in [0.3, 0.4) is 0 Å². The van der Waals surface area contributed by atoms with Crippen LogP contribution in [0.5, 0.6) is 0 Å². The van der Waals surface area contributed by atoms with Crippen molar-refractivity contribution < 1.29 is 22.8 Å². The van der Waals surface area contributed by atoms with Crippen LogP contribution in [0, 0.1) is 6.92 Å². The molecule has 1 aliphatic rings. The first-order valence-electron chi connectivity index (χ1n) is 13.4. The molecule has 210 valence electrons. The first kappa shape index (κ1) is 29.0. The zero-order valence-electron chi connectivity index (χ0n) is 23.0. The summed E-state index contributed by atoms with van der Waals surface area (Å²) >= 11 is 0. The highest BCUT2D eigenvalue weighted by Gasteiger charge is 2.40. The van der Waals surface area contributed by atoms with Crippen LogP contribution in [0.2, 0.25) is 0 Å². The maximum Gasteiger partial charge on any atom is 0.269 e. The molecule has 3 amide bonds. The van der Waals surface area contributed by atoms with E-state index < -0.39 is 22.0 Å². The van der Waals surface area contributed by atoms with E-state index >= 15 is 0 Å². The number of carbonyl (C=O) groups is 3. The number of benzene rings is 3. The summed E-state index contributed by atoms with van der Waals surface area (Å²) in [6.45, 7) is 5.80. The number of fused-ring (bicyclic) bond motifs is 1. The maximum atomic E-state index is 13.8. The van der Waals surface area contributed by atoms with Gasteiger partial charge in [0.05, 0.1) is 5.56 Å². The van der Waals surface area contributed by atoms with E-state index in [0.29, 0.717) is 6.42 Å². The van der Waals surface area contributed by atoms with Crippen molar-refractivity contribution >= 4 is 27.7 Å². The topological polar surface area (TPSA) is 104 Å². The Kier molecular flexibility index (Phi) is 9.04. The van der Waals surface area contributed by atoms with Crippen LogP contribution in [0.4, 0.5) is 0 Å². The summed E-state index contributed by atoms with van der Waals surface area (Å²) in [7, 11) is -3.96. The van der Waals surface area contributed by atoms with Gasteiger partial charge in [0.1, 0.15) is 10.9 Å². The number of carbonyl (C=O) groups excluding carboxylic acids is 3. The third kappa shape index (κ3) is 6.42. The lowest BCUT2D eigenvalue weighted by atomic mass is 10.0. The molecule has 0 fully saturated rings. The molecular formula is C31H35N3O5S. The molecule has 1 aliphatic heterocycles. The van der Waals surface area contributed by atoms with Crippen LogP contribution in [0.15, 0.2) is 83.8 Å². The lowest BCUT2D eigenvalue weighted by molar-refractivity contribution is -0.141. The molecule has 0 radical (unpaired) electrons. The van der Waals surface area contributed by atoms with Crippen molar-refractivity contribution in [1.82, 2.24) is 14.5 Å². The second-order valence-electron chi connectivity index (χ2n) is 10.3. The second-order valence-corrected chi connectivity index (χ2v) is 12.1. The van der Waals surface area contributed by atoms with E-state index in [4.69, 9.17) is 0 Å². The zero-order chi connectivity index (χ0) is 28.9. The normalized spacial score (nSPS) is 14.6. The number of hydrogen-bond acceptors (Lipinski definition) is 5. The fourth-order valence-corrected chi connectivity index (χ4v) is 6.48. The van der Waals surface area contributed by atoms with Crippen LogP contribution in [0.1, 0.15) is 53.7 Å². The van der Waals surface area contributed by atoms with Crippen LogP contribution >= 0.6 is 0 Å². The lowest BCUT2D eigenvalue weighted by Gasteiger charge is -2.32. The molecule has 3 aromatic rings. The summed E-state index contributed by atoms with van der Waals surface area (Å²) in [5.41, 5.74) is 2.97. The summed E-state index contributed by atoms with van der Waals surface area (Å²) in [6.07, 6.45) is 0.430. The summed E-state index contributed by atoms with van der Waals surface area (Å²) < 4.78 is 26.7. The molecule has 9 heteroatoms. The molecule has 0 spiro atoms. The van der Waals surface area contributed by atoms with E-state index in [1.807, 2.05) is 75.4 Å². The smallest absolute Gasteiger partial charge is 0.269 e. The number of hydrogen-bond donors (Lipinski definition) is 1. The van der Waals surface area contributed by atoms with E-state index in [9.17, 15) is 22.8 Å². The van der Waals surface area contributed by atoms with Gasteiger partial charge < -0.3 is 10.2 Å². The van der Waals surface area contributed by atoms with Crippen molar-refractivity contribution in [2.45, 2.75) is 63.6 Å². The van der Waals surface area contributed by atoms with Crippen LogP contribution in [-0.4, -0.2) is 54.0 Å². The van der Waals surface area contributed by atoms with E-state index in [0.717, 1.165) is 21.0 Å². The molecule has 4 rings (SSSR count). The minimum Gasteiger partial charge on any atom is -0.352 e. The molecule has 0 aromatic heterocycles. The monoisotopic (exact) mass is 561 g/mol. The molecular weight excluding hydrogens is 526 g/mol. The lowest BCUT2D eigenvalue weighted by Crippen LogP contribution is -2.52. The highest BCUT2D eigenvalue weighted by atomic mass is 32.2. The molecule has 40 heavy (non-hydrogen) atoms.